The van der Waals surface area contributed by atoms with E-state index in [1.54, 1.807) is 46.1 Å². The van der Waals surface area contributed by atoms with Gasteiger partial charge in [-0.05, 0) is 50.5 Å². The largest absolute Gasteiger partial charge is 0.497 e. The quantitative estimate of drug-likeness (QED) is 0.245. The number of carbonyl (C=O) groups is 4. The van der Waals surface area contributed by atoms with Crippen molar-refractivity contribution in [1.82, 2.24) is 21.4 Å². The number of amides is 4. The van der Waals surface area contributed by atoms with Gasteiger partial charge in [0.25, 0.3) is 0 Å². The SMILES string of the molecule is COC[C@H](NC(=O)[C@H](CC(=O)NOC(C)(C)C)NC(=O)CCc1ccccc1)C(=O)NCc1cccc(OC)c1. The molecule has 0 aromatic heterocycles. The highest BCUT2D eigenvalue weighted by Crippen LogP contribution is 2.12. The molecule has 0 fully saturated rings. The summed E-state index contributed by atoms with van der Waals surface area (Å²) in [5.74, 6) is -1.58. The van der Waals surface area contributed by atoms with Crippen LogP contribution in [0.15, 0.2) is 54.6 Å². The topological polar surface area (TPSA) is 144 Å². The minimum Gasteiger partial charge on any atom is -0.497 e. The van der Waals surface area contributed by atoms with Gasteiger partial charge < -0.3 is 25.4 Å². The third kappa shape index (κ3) is 12.3. The maximum Gasteiger partial charge on any atom is 0.246 e. The van der Waals surface area contributed by atoms with Crippen LogP contribution in [-0.2, 0) is 41.7 Å². The Balaban J connectivity index is 2.07. The van der Waals surface area contributed by atoms with E-state index in [4.69, 9.17) is 14.3 Å². The fraction of sp³-hybridized carbons (Fsp3) is 0.448. The van der Waals surface area contributed by atoms with E-state index in [0.29, 0.717) is 12.2 Å². The fourth-order valence-corrected chi connectivity index (χ4v) is 3.53. The normalized spacial score (nSPS) is 12.5. The van der Waals surface area contributed by atoms with E-state index in [-0.39, 0.29) is 19.6 Å². The highest BCUT2D eigenvalue weighted by atomic mass is 16.7. The molecular weight excluding hydrogens is 516 g/mol. The number of hydrogen-bond donors (Lipinski definition) is 4. The highest BCUT2D eigenvalue weighted by molar-refractivity contribution is 5.94. The molecule has 0 unspecified atom stereocenters. The molecule has 2 aromatic rings. The van der Waals surface area contributed by atoms with Gasteiger partial charge in [-0.2, -0.15) is 0 Å². The minimum absolute atomic E-state index is 0.108. The Morgan fingerprint density at radius 1 is 0.825 bits per heavy atom. The van der Waals surface area contributed by atoms with Crippen molar-refractivity contribution in [1.29, 1.82) is 0 Å². The average molecular weight is 557 g/mol. The first-order valence-corrected chi connectivity index (χ1v) is 13.0. The van der Waals surface area contributed by atoms with Crippen molar-refractivity contribution in [2.24, 2.45) is 0 Å². The van der Waals surface area contributed by atoms with Gasteiger partial charge >= 0.3 is 0 Å². The van der Waals surface area contributed by atoms with E-state index < -0.39 is 47.7 Å². The summed E-state index contributed by atoms with van der Waals surface area (Å²) >= 11 is 0. The van der Waals surface area contributed by atoms with Crippen LogP contribution in [-0.4, -0.2) is 62.1 Å². The third-order valence-corrected chi connectivity index (χ3v) is 5.56. The predicted octanol–water partition coefficient (Wildman–Crippen LogP) is 1.80. The number of hydroxylamine groups is 1. The molecule has 218 valence electrons. The Morgan fingerprint density at radius 2 is 1.52 bits per heavy atom. The summed E-state index contributed by atoms with van der Waals surface area (Å²) in [6.45, 7) is 5.33. The Hall–Kier alpha value is -3.96. The van der Waals surface area contributed by atoms with E-state index >= 15 is 0 Å². The van der Waals surface area contributed by atoms with E-state index in [9.17, 15) is 19.2 Å². The van der Waals surface area contributed by atoms with Crippen molar-refractivity contribution < 1.29 is 33.5 Å². The zero-order chi connectivity index (χ0) is 29.5. The highest BCUT2D eigenvalue weighted by Gasteiger charge is 2.29. The molecule has 0 aliphatic carbocycles. The summed E-state index contributed by atoms with van der Waals surface area (Å²) in [4.78, 5) is 56.7. The molecule has 2 rings (SSSR count). The lowest BCUT2D eigenvalue weighted by Crippen LogP contribution is -2.56. The first-order chi connectivity index (χ1) is 19.0. The molecule has 0 bridgehead atoms. The molecule has 0 aliphatic heterocycles. The molecule has 40 heavy (non-hydrogen) atoms. The van der Waals surface area contributed by atoms with E-state index in [1.807, 2.05) is 36.4 Å². The summed E-state index contributed by atoms with van der Waals surface area (Å²) in [6.07, 6.45) is 0.167. The molecule has 0 saturated heterocycles. The lowest BCUT2D eigenvalue weighted by atomic mass is 10.1. The number of rotatable bonds is 15. The van der Waals surface area contributed by atoms with Crippen LogP contribution in [0.1, 0.15) is 44.7 Å². The van der Waals surface area contributed by atoms with Crippen LogP contribution in [0.4, 0.5) is 0 Å². The van der Waals surface area contributed by atoms with Gasteiger partial charge in [-0.15, -0.1) is 0 Å². The fourth-order valence-electron chi connectivity index (χ4n) is 3.53. The first kappa shape index (κ1) is 32.3. The molecule has 11 heteroatoms. The molecule has 4 amide bonds. The van der Waals surface area contributed by atoms with Gasteiger partial charge in [0.2, 0.25) is 23.6 Å². The smallest absolute Gasteiger partial charge is 0.246 e. The van der Waals surface area contributed by atoms with E-state index in [2.05, 4.69) is 21.4 Å². The van der Waals surface area contributed by atoms with Crippen molar-refractivity contribution in [3.05, 3.63) is 65.7 Å². The van der Waals surface area contributed by atoms with Crippen LogP contribution in [0.3, 0.4) is 0 Å². The van der Waals surface area contributed by atoms with Crippen molar-refractivity contribution in [3.63, 3.8) is 0 Å². The second kappa shape index (κ2) is 16.2. The number of nitrogens with one attached hydrogen (secondary N) is 4. The third-order valence-electron chi connectivity index (χ3n) is 5.56. The lowest BCUT2D eigenvalue weighted by Gasteiger charge is -2.24. The minimum atomic E-state index is -1.25. The van der Waals surface area contributed by atoms with Gasteiger partial charge in [-0.3, -0.25) is 24.0 Å². The Bertz CT molecular complexity index is 1120. The van der Waals surface area contributed by atoms with E-state index in [1.165, 1.54) is 7.11 Å². The zero-order valence-electron chi connectivity index (χ0n) is 23.7. The number of hydrogen-bond acceptors (Lipinski definition) is 7. The molecule has 0 heterocycles. The van der Waals surface area contributed by atoms with Gasteiger partial charge in [0.05, 0.1) is 25.7 Å². The molecular formula is C29H40N4O7. The molecule has 0 saturated carbocycles. The van der Waals surface area contributed by atoms with Crippen LogP contribution in [0.25, 0.3) is 0 Å². The second-order valence-electron chi connectivity index (χ2n) is 10.1. The van der Waals surface area contributed by atoms with Gasteiger partial charge in [0, 0.05) is 20.1 Å². The molecule has 2 aromatic carbocycles. The van der Waals surface area contributed by atoms with Gasteiger partial charge in [0.15, 0.2) is 0 Å². The summed E-state index contributed by atoms with van der Waals surface area (Å²) in [5.41, 5.74) is 3.41. The molecule has 0 aliphatic rings. The van der Waals surface area contributed by atoms with Crippen LogP contribution >= 0.6 is 0 Å². The van der Waals surface area contributed by atoms with Crippen LogP contribution in [0.2, 0.25) is 0 Å². The summed E-state index contributed by atoms with van der Waals surface area (Å²) in [6, 6.07) is 14.3. The predicted molar refractivity (Wildman–Crippen MR) is 149 cm³/mol. The molecule has 0 spiro atoms. The Kier molecular flexibility index (Phi) is 13.1. The van der Waals surface area contributed by atoms with Gasteiger partial charge in [-0.1, -0.05) is 42.5 Å². The molecule has 2 atom stereocenters. The maximum absolute atomic E-state index is 13.2. The molecule has 0 radical (unpaired) electrons. The van der Waals surface area contributed by atoms with Crippen molar-refractivity contribution >= 4 is 23.6 Å². The number of ether oxygens (including phenoxy) is 2. The van der Waals surface area contributed by atoms with Gasteiger partial charge in [-0.25, -0.2) is 5.48 Å². The monoisotopic (exact) mass is 556 g/mol. The zero-order valence-corrected chi connectivity index (χ0v) is 23.7. The number of methoxy groups -OCH3 is 2. The Morgan fingerprint density at radius 3 is 2.17 bits per heavy atom. The van der Waals surface area contributed by atoms with Crippen molar-refractivity contribution in [3.8, 4) is 5.75 Å². The number of carbonyl (C=O) groups excluding carboxylic acids is 4. The summed E-state index contributed by atoms with van der Waals surface area (Å²) in [5, 5.41) is 7.98. The summed E-state index contributed by atoms with van der Waals surface area (Å²) in [7, 11) is 2.95. The Labute approximate surface area is 235 Å². The van der Waals surface area contributed by atoms with E-state index in [0.717, 1.165) is 11.1 Å². The average Bonchev–Trinajstić information content (AvgIpc) is 2.93. The van der Waals surface area contributed by atoms with Crippen LogP contribution in [0.5, 0.6) is 5.75 Å². The maximum atomic E-state index is 13.2. The van der Waals surface area contributed by atoms with Crippen LogP contribution in [0, 0.1) is 0 Å². The van der Waals surface area contributed by atoms with Crippen molar-refractivity contribution in [2.45, 2.75) is 64.3 Å². The number of aryl methyl sites for hydroxylation is 1. The number of benzene rings is 2. The summed E-state index contributed by atoms with van der Waals surface area (Å²) < 4.78 is 10.3. The van der Waals surface area contributed by atoms with Gasteiger partial charge in [0.1, 0.15) is 17.8 Å². The van der Waals surface area contributed by atoms with Crippen LogP contribution < -0.4 is 26.2 Å². The second-order valence-corrected chi connectivity index (χ2v) is 10.1. The standard InChI is InChI=1S/C29H40N4O7/c1-29(2,3)40-33-26(35)17-23(31-25(34)15-14-20-10-7-6-8-11-20)28(37)32-24(19-38-4)27(36)30-18-21-12-9-13-22(16-21)39-5/h6-13,16,23-24H,14-15,17-19H2,1-5H3,(H,30,36)(H,31,34)(H,32,37)(H,33,35)/t23-,24-/m0/s1. The molecule has 11 nitrogen and oxygen atoms in total. The molecule has 4 N–H and O–H groups in total. The first-order valence-electron chi connectivity index (χ1n) is 13.0. The lowest BCUT2D eigenvalue weighted by molar-refractivity contribution is -0.147. The van der Waals surface area contributed by atoms with Crippen molar-refractivity contribution in [2.75, 3.05) is 20.8 Å².